The van der Waals surface area contributed by atoms with Crippen molar-refractivity contribution in [1.29, 1.82) is 0 Å². The molecular weight excluding hydrogens is 360 g/mol. The van der Waals surface area contributed by atoms with Crippen molar-refractivity contribution in [3.8, 4) is 0 Å². The Bertz CT molecular complexity index is 672. The van der Waals surface area contributed by atoms with Crippen LogP contribution in [0, 0.1) is 56.7 Å². The highest BCUT2D eigenvalue weighted by molar-refractivity contribution is 5.11. The van der Waals surface area contributed by atoms with Gasteiger partial charge in [0.25, 0.3) is 0 Å². The van der Waals surface area contributed by atoms with E-state index >= 15 is 0 Å². The summed E-state index contributed by atoms with van der Waals surface area (Å²) in [6.45, 7) is 18.8. The lowest BCUT2D eigenvalue weighted by Gasteiger charge is -2.63. The number of fused-ring (bicyclic) bond motifs is 6. The van der Waals surface area contributed by atoms with Crippen LogP contribution in [0.1, 0.15) is 132 Å². The van der Waals surface area contributed by atoms with Gasteiger partial charge in [0.05, 0.1) is 0 Å². The second kappa shape index (κ2) is 6.76. The van der Waals surface area contributed by atoms with E-state index in [4.69, 9.17) is 0 Å². The fraction of sp³-hybridized carbons (Fsp3) is 1.00. The molecule has 0 aromatic carbocycles. The van der Waals surface area contributed by atoms with Crippen LogP contribution in [0.3, 0.4) is 0 Å². The Morgan fingerprint density at radius 1 is 0.500 bits per heavy atom. The van der Waals surface area contributed by atoms with E-state index in [-0.39, 0.29) is 0 Å². The predicted molar refractivity (Wildman–Crippen MR) is 129 cm³/mol. The van der Waals surface area contributed by atoms with Crippen LogP contribution >= 0.6 is 0 Å². The summed E-state index contributed by atoms with van der Waals surface area (Å²) < 4.78 is 0. The molecule has 0 saturated heterocycles. The van der Waals surface area contributed by atoms with Crippen molar-refractivity contribution in [2.75, 3.05) is 0 Å². The average molecular weight is 413 g/mol. The van der Waals surface area contributed by atoms with Crippen molar-refractivity contribution in [2.45, 2.75) is 132 Å². The Morgan fingerprint density at radius 2 is 1.07 bits per heavy atom. The quantitative estimate of drug-likeness (QED) is 0.372. The summed E-state index contributed by atoms with van der Waals surface area (Å²) in [7, 11) is 0. The molecule has 0 nitrogen and oxygen atoms in total. The van der Waals surface area contributed by atoms with E-state index in [9.17, 15) is 0 Å². The Balaban J connectivity index is 1.48. The highest BCUT2D eigenvalue weighted by atomic mass is 14.7. The molecule has 0 aromatic heterocycles. The molecule has 0 amide bonds. The number of hydrogen-bond acceptors (Lipinski definition) is 0. The average Bonchev–Trinajstić information content (AvgIpc) is 2.77. The van der Waals surface area contributed by atoms with Crippen LogP contribution in [0.5, 0.6) is 0 Å². The van der Waals surface area contributed by atoms with Crippen LogP contribution in [-0.2, 0) is 0 Å². The minimum absolute atomic E-state index is 0.567. The van der Waals surface area contributed by atoms with Gasteiger partial charge in [0, 0.05) is 0 Å². The van der Waals surface area contributed by atoms with Crippen molar-refractivity contribution in [3.63, 3.8) is 0 Å². The van der Waals surface area contributed by atoms with Gasteiger partial charge >= 0.3 is 0 Å². The van der Waals surface area contributed by atoms with E-state index in [2.05, 4.69) is 48.5 Å². The first kappa shape index (κ1) is 21.8. The first-order valence-electron chi connectivity index (χ1n) is 13.9. The molecule has 5 aliphatic rings. The summed E-state index contributed by atoms with van der Waals surface area (Å²) in [6, 6.07) is 0. The molecule has 0 heterocycles. The molecule has 0 bridgehead atoms. The Hall–Kier alpha value is 0. The zero-order valence-electron chi connectivity index (χ0n) is 21.6. The smallest absolute Gasteiger partial charge is 0.0259 e. The molecule has 172 valence electrons. The van der Waals surface area contributed by atoms with Gasteiger partial charge in [-0.25, -0.2) is 0 Å². The molecule has 0 radical (unpaired) electrons. The molecule has 5 fully saturated rings. The molecule has 0 aromatic rings. The van der Waals surface area contributed by atoms with Gasteiger partial charge in [-0.15, -0.1) is 0 Å². The third-order valence-corrected chi connectivity index (χ3v) is 12.9. The van der Waals surface area contributed by atoms with Gasteiger partial charge in [-0.1, -0.05) is 61.3 Å². The summed E-state index contributed by atoms with van der Waals surface area (Å²) >= 11 is 0. The molecule has 8 atom stereocenters. The highest BCUT2D eigenvalue weighted by Crippen LogP contribution is 2.71. The van der Waals surface area contributed by atoms with E-state index in [1.807, 2.05) is 0 Å². The molecule has 0 N–H and O–H groups in total. The molecule has 5 aliphatic carbocycles. The third kappa shape index (κ3) is 2.96. The lowest BCUT2D eigenvalue weighted by Crippen LogP contribution is -2.54. The maximum Gasteiger partial charge on any atom is -0.0259 e. The van der Waals surface area contributed by atoms with Gasteiger partial charge in [-0.2, -0.15) is 0 Å². The van der Waals surface area contributed by atoms with Crippen molar-refractivity contribution in [1.82, 2.24) is 0 Å². The number of hydrogen-bond donors (Lipinski definition) is 0. The molecule has 0 spiro atoms. The standard InChI is InChI=1S/C30H52/c1-26(2)15-8-17-29(6)22-11-13-25-28(5,20-21(22)10-12-23(26)29)19-14-24-27(3,4)16-9-18-30(24,25)7/h21-25H,8-20H2,1-7H3/t21?,22-,23-,24?,25?,28-,29+,30-/m0/s1. The normalized spacial score (nSPS) is 54.7. The summed E-state index contributed by atoms with van der Waals surface area (Å²) in [5, 5.41) is 0. The van der Waals surface area contributed by atoms with Gasteiger partial charge in [-0.3, -0.25) is 0 Å². The van der Waals surface area contributed by atoms with Crippen LogP contribution in [0.4, 0.5) is 0 Å². The summed E-state index contributed by atoms with van der Waals surface area (Å²) in [5.74, 6) is 4.95. The molecular formula is C30H52. The van der Waals surface area contributed by atoms with Crippen molar-refractivity contribution < 1.29 is 0 Å². The van der Waals surface area contributed by atoms with Gasteiger partial charge in [-0.05, 0) is 127 Å². The number of rotatable bonds is 0. The fourth-order valence-corrected chi connectivity index (χ4v) is 11.9. The summed E-state index contributed by atoms with van der Waals surface area (Å²) in [4.78, 5) is 0. The monoisotopic (exact) mass is 412 g/mol. The van der Waals surface area contributed by atoms with Crippen molar-refractivity contribution in [3.05, 3.63) is 0 Å². The van der Waals surface area contributed by atoms with Crippen molar-refractivity contribution in [2.24, 2.45) is 56.7 Å². The summed E-state index contributed by atoms with van der Waals surface area (Å²) in [5.41, 5.74) is 2.99. The van der Waals surface area contributed by atoms with E-state index in [0.29, 0.717) is 27.1 Å². The molecule has 5 saturated carbocycles. The maximum absolute atomic E-state index is 2.77. The van der Waals surface area contributed by atoms with Crippen LogP contribution in [0.2, 0.25) is 0 Å². The van der Waals surface area contributed by atoms with Gasteiger partial charge in [0.1, 0.15) is 0 Å². The minimum atomic E-state index is 0.567. The molecule has 30 heavy (non-hydrogen) atoms. The van der Waals surface area contributed by atoms with E-state index in [1.165, 1.54) is 57.8 Å². The molecule has 0 heteroatoms. The van der Waals surface area contributed by atoms with Gasteiger partial charge in [0.15, 0.2) is 0 Å². The molecule has 0 aliphatic heterocycles. The molecule has 5 rings (SSSR count). The van der Waals surface area contributed by atoms with Gasteiger partial charge < -0.3 is 0 Å². The van der Waals surface area contributed by atoms with E-state index < -0.39 is 0 Å². The van der Waals surface area contributed by atoms with E-state index in [0.717, 1.165) is 29.6 Å². The first-order valence-corrected chi connectivity index (χ1v) is 13.9. The zero-order valence-corrected chi connectivity index (χ0v) is 21.6. The largest absolute Gasteiger partial charge is 0.0596 e. The van der Waals surface area contributed by atoms with Crippen LogP contribution in [-0.4, -0.2) is 0 Å². The SMILES string of the molecule is CC1(C)CCC[C@@]2(C)C1CC[C@@]1(C)CC3CC[C@H]4C(C)(C)CCC[C@]4(C)[C@H]3CCC12. The minimum Gasteiger partial charge on any atom is -0.0596 e. The Morgan fingerprint density at radius 3 is 1.73 bits per heavy atom. The van der Waals surface area contributed by atoms with Crippen LogP contribution < -0.4 is 0 Å². The fourth-order valence-electron chi connectivity index (χ4n) is 11.9. The predicted octanol–water partition coefficient (Wildman–Crippen LogP) is 9.28. The highest BCUT2D eigenvalue weighted by Gasteiger charge is 2.62. The Labute approximate surface area is 188 Å². The second-order valence-electron chi connectivity index (χ2n) is 15.3. The lowest BCUT2D eigenvalue weighted by atomic mass is 9.42. The third-order valence-electron chi connectivity index (χ3n) is 12.9. The lowest BCUT2D eigenvalue weighted by molar-refractivity contribution is -0.135. The second-order valence-corrected chi connectivity index (χ2v) is 15.3. The Kier molecular flexibility index (Phi) is 4.92. The van der Waals surface area contributed by atoms with E-state index in [1.54, 1.807) is 25.7 Å². The topological polar surface area (TPSA) is 0 Å². The first-order chi connectivity index (χ1) is 13.9. The van der Waals surface area contributed by atoms with Crippen LogP contribution in [0.15, 0.2) is 0 Å². The summed E-state index contributed by atoms with van der Waals surface area (Å²) in [6.07, 6.45) is 19.7. The van der Waals surface area contributed by atoms with Crippen molar-refractivity contribution >= 4 is 0 Å². The zero-order chi connectivity index (χ0) is 21.6. The van der Waals surface area contributed by atoms with Crippen LogP contribution in [0.25, 0.3) is 0 Å². The van der Waals surface area contributed by atoms with Gasteiger partial charge in [0.2, 0.25) is 0 Å². The molecule has 3 unspecified atom stereocenters. The maximum atomic E-state index is 2.77.